The number of hydrogen-bond acceptors (Lipinski definition) is 4. The van der Waals surface area contributed by atoms with Crippen molar-refractivity contribution in [1.29, 1.82) is 0 Å². The van der Waals surface area contributed by atoms with Crippen LogP contribution in [0.4, 0.5) is 0 Å². The molecule has 104 valence electrons. The van der Waals surface area contributed by atoms with Crippen LogP contribution in [0, 0.1) is 6.92 Å². The van der Waals surface area contributed by atoms with Crippen molar-refractivity contribution in [3.05, 3.63) is 65.9 Å². The Bertz CT molecular complexity index is 787. The van der Waals surface area contributed by atoms with Gasteiger partial charge in [-0.1, -0.05) is 54.2 Å². The van der Waals surface area contributed by atoms with E-state index in [1.807, 2.05) is 61.5 Å². The normalized spacial score (nSPS) is 10.7. The van der Waals surface area contributed by atoms with Crippen molar-refractivity contribution in [2.45, 2.75) is 11.9 Å². The molecule has 0 atom stereocenters. The fourth-order valence-electron chi connectivity index (χ4n) is 2.05. The average molecular weight is 294 g/mol. The van der Waals surface area contributed by atoms with Crippen molar-refractivity contribution in [2.75, 3.05) is 5.75 Å². The number of fused-ring (bicyclic) bond motifs is 1. The van der Waals surface area contributed by atoms with Gasteiger partial charge >= 0.3 is 0 Å². The lowest BCUT2D eigenvalue weighted by Crippen LogP contribution is -2.03. The van der Waals surface area contributed by atoms with Crippen LogP contribution < -0.4 is 0 Å². The molecule has 0 fully saturated rings. The highest BCUT2D eigenvalue weighted by Crippen LogP contribution is 2.22. The number of benzene rings is 2. The van der Waals surface area contributed by atoms with Crippen LogP contribution in [-0.2, 0) is 0 Å². The molecule has 1 heterocycles. The Morgan fingerprint density at radius 2 is 1.57 bits per heavy atom. The summed E-state index contributed by atoms with van der Waals surface area (Å²) >= 11 is 1.44. The van der Waals surface area contributed by atoms with Crippen LogP contribution in [0.25, 0.3) is 11.0 Å². The quantitative estimate of drug-likeness (QED) is 0.540. The van der Waals surface area contributed by atoms with E-state index in [1.165, 1.54) is 11.8 Å². The van der Waals surface area contributed by atoms with Gasteiger partial charge in [-0.25, -0.2) is 9.97 Å². The number of carbonyl (C=O) groups excluding carboxylic acids is 1. The summed E-state index contributed by atoms with van der Waals surface area (Å²) in [6.07, 6.45) is 0. The Hall–Kier alpha value is -2.20. The standard InChI is InChI=1S/C17H14N2OS/c1-12-17(19-15-10-6-5-9-14(15)18-12)21-11-16(20)13-7-3-2-4-8-13/h2-10H,11H2,1H3. The molecule has 0 spiro atoms. The number of nitrogens with zero attached hydrogens (tertiary/aromatic N) is 2. The molecule has 2 aromatic carbocycles. The van der Waals surface area contributed by atoms with Gasteiger partial charge in [-0.05, 0) is 19.1 Å². The van der Waals surface area contributed by atoms with E-state index < -0.39 is 0 Å². The minimum Gasteiger partial charge on any atom is -0.293 e. The number of aryl methyl sites for hydroxylation is 1. The van der Waals surface area contributed by atoms with E-state index in [2.05, 4.69) is 9.97 Å². The second kappa shape index (κ2) is 6.06. The summed E-state index contributed by atoms with van der Waals surface area (Å²) < 4.78 is 0. The number of thioether (sulfide) groups is 1. The molecule has 3 nitrogen and oxygen atoms in total. The Kier molecular flexibility index (Phi) is 3.97. The van der Waals surface area contributed by atoms with E-state index in [4.69, 9.17) is 0 Å². The van der Waals surface area contributed by atoms with Gasteiger partial charge in [-0.15, -0.1) is 0 Å². The van der Waals surface area contributed by atoms with Crippen LogP contribution >= 0.6 is 11.8 Å². The second-order valence-corrected chi connectivity index (χ2v) is 5.64. The molecule has 0 aliphatic heterocycles. The fraction of sp³-hybridized carbons (Fsp3) is 0.118. The minimum atomic E-state index is 0.106. The Balaban J connectivity index is 1.79. The van der Waals surface area contributed by atoms with Crippen LogP contribution in [0.15, 0.2) is 59.6 Å². The van der Waals surface area contributed by atoms with Gasteiger partial charge in [0, 0.05) is 5.56 Å². The predicted molar refractivity (Wildman–Crippen MR) is 85.8 cm³/mol. The molecule has 4 heteroatoms. The maximum Gasteiger partial charge on any atom is 0.173 e. The Morgan fingerprint density at radius 3 is 2.29 bits per heavy atom. The van der Waals surface area contributed by atoms with Gasteiger partial charge in [0.25, 0.3) is 0 Å². The number of carbonyl (C=O) groups is 1. The summed E-state index contributed by atoms with van der Waals surface area (Å²) in [6.45, 7) is 1.93. The fourth-order valence-corrected chi connectivity index (χ4v) is 2.90. The van der Waals surface area contributed by atoms with Gasteiger partial charge in [0.1, 0.15) is 5.03 Å². The zero-order valence-electron chi connectivity index (χ0n) is 11.6. The summed E-state index contributed by atoms with van der Waals surface area (Å²) in [5, 5.41) is 0.818. The Labute approximate surface area is 127 Å². The second-order valence-electron chi connectivity index (χ2n) is 4.68. The molecular weight excluding hydrogens is 280 g/mol. The van der Waals surface area contributed by atoms with Crippen molar-refractivity contribution in [1.82, 2.24) is 9.97 Å². The highest BCUT2D eigenvalue weighted by molar-refractivity contribution is 8.00. The first kappa shape index (κ1) is 13.8. The number of rotatable bonds is 4. The lowest BCUT2D eigenvalue weighted by molar-refractivity contribution is 0.102. The summed E-state index contributed by atoms with van der Waals surface area (Å²) in [5.74, 6) is 0.479. The molecule has 21 heavy (non-hydrogen) atoms. The van der Waals surface area contributed by atoms with Crippen LogP contribution in [0.3, 0.4) is 0 Å². The van der Waals surface area contributed by atoms with Gasteiger partial charge in [0.05, 0.1) is 22.5 Å². The molecular formula is C17H14N2OS. The predicted octanol–water partition coefficient (Wildman–Crippen LogP) is 3.91. The van der Waals surface area contributed by atoms with Crippen molar-refractivity contribution in [3.63, 3.8) is 0 Å². The number of Topliss-reactive ketones (excluding diaryl/α,β-unsaturated/α-hetero) is 1. The molecule has 0 unspecified atom stereocenters. The first-order valence-electron chi connectivity index (χ1n) is 6.68. The summed E-state index contributed by atoms with van der Waals surface area (Å²) in [4.78, 5) is 21.2. The summed E-state index contributed by atoms with van der Waals surface area (Å²) in [5.41, 5.74) is 3.34. The number of hydrogen-bond donors (Lipinski definition) is 0. The third-order valence-corrected chi connectivity index (χ3v) is 4.20. The Morgan fingerprint density at radius 1 is 0.952 bits per heavy atom. The molecule has 0 saturated carbocycles. The molecule has 0 aliphatic carbocycles. The zero-order chi connectivity index (χ0) is 14.7. The van der Waals surface area contributed by atoms with E-state index in [1.54, 1.807) is 0 Å². The molecule has 0 bridgehead atoms. The first-order chi connectivity index (χ1) is 10.2. The molecule has 0 aliphatic rings. The summed E-state index contributed by atoms with van der Waals surface area (Å²) in [7, 11) is 0. The molecule has 3 aromatic rings. The molecule has 0 amide bonds. The van der Waals surface area contributed by atoms with Crippen molar-refractivity contribution in [2.24, 2.45) is 0 Å². The van der Waals surface area contributed by atoms with E-state index in [-0.39, 0.29) is 5.78 Å². The topological polar surface area (TPSA) is 42.9 Å². The maximum absolute atomic E-state index is 12.1. The van der Waals surface area contributed by atoms with E-state index in [0.717, 1.165) is 27.3 Å². The molecule has 3 rings (SSSR count). The largest absolute Gasteiger partial charge is 0.293 e. The minimum absolute atomic E-state index is 0.106. The molecule has 0 N–H and O–H groups in total. The lowest BCUT2D eigenvalue weighted by atomic mass is 10.2. The zero-order valence-corrected chi connectivity index (χ0v) is 12.4. The van der Waals surface area contributed by atoms with E-state index in [9.17, 15) is 4.79 Å². The van der Waals surface area contributed by atoms with Gasteiger partial charge < -0.3 is 0 Å². The third-order valence-electron chi connectivity index (χ3n) is 3.14. The van der Waals surface area contributed by atoms with Gasteiger partial charge in [0.2, 0.25) is 0 Å². The van der Waals surface area contributed by atoms with Crippen molar-refractivity contribution < 1.29 is 4.79 Å². The van der Waals surface area contributed by atoms with Crippen molar-refractivity contribution in [3.8, 4) is 0 Å². The molecule has 1 aromatic heterocycles. The lowest BCUT2D eigenvalue weighted by Gasteiger charge is -2.06. The summed E-state index contributed by atoms with van der Waals surface area (Å²) in [6, 6.07) is 17.1. The number of ketones is 1. The van der Waals surface area contributed by atoms with Gasteiger partial charge in [0.15, 0.2) is 5.78 Å². The van der Waals surface area contributed by atoms with Gasteiger partial charge in [-0.2, -0.15) is 0 Å². The highest BCUT2D eigenvalue weighted by Gasteiger charge is 2.10. The number of aromatic nitrogens is 2. The molecule has 0 radical (unpaired) electrons. The monoisotopic (exact) mass is 294 g/mol. The van der Waals surface area contributed by atoms with Crippen LogP contribution in [0.5, 0.6) is 0 Å². The van der Waals surface area contributed by atoms with Crippen molar-refractivity contribution >= 4 is 28.6 Å². The third kappa shape index (κ3) is 3.11. The first-order valence-corrected chi connectivity index (χ1v) is 7.67. The number of para-hydroxylation sites is 2. The maximum atomic E-state index is 12.1. The van der Waals surface area contributed by atoms with Crippen LogP contribution in [-0.4, -0.2) is 21.5 Å². The highest BCUT2D eigenvalue weighted by atomic mass is 32.2. The van der Waals surface area contributed by atoms with Crippen LogP contribution in [0.1, 0.15) is 16.1 Å². The van der Waals surface area contributed by atoms with Gasteiger partial charge in [-0.3, -0.25) is 4.79 Å². The smallest absolute Gasteiger partial charge is 0.173 e. The SMILES string of the molecule is Cc1nc2ccccc2nc1SCC(=O)c1ccccc1. The van der Waals surface area contributed by atoms with E-state index >= 15 is 0 Å². The molecule has 0 saturated heterocycles. The van der Waals surface area contributed by atoms with E-state index in [0.29, 0.717) is 5.75 Å². The average Bonchev–Trinajstić information content (AvgIpc) is 2.53. The van der Waals surface area contributed by atoms with Crippen LogP contribution in [0.2, 0.25) is 0 Å².